The zero-order chi connectivity index (χ0) is 31.0. The van der Waals surface area contributed by atoms with Gasteiger partial charge >= 0.3 is 5.97 Å². The van der Waals surface area contributed by atoms with Crippen molar-refractivity contribution in [3.05, 3.63) is 46.2 Å². The Labute approximate surface area is 234 Å². The summed E-state index contributed by atoms with van der Waals surface area (Å²) in [6, 6.07) is 2.29. The number of nitrogens with two attached hydrogens (primary N) is 4. The predicted octanol–water partition coefficient (Wildman–Crippen LogP) is -2.55. The average molecular weight is 570 g/mol. The van der Waals surface area contributed by atoms with Gasteiger partial charge in [-0.3, -0.25) is 29.0 Å². The van der Waals surface area contributed by atoms with Crippen LogP contribution in [0.1, 0.15) is 17.2 Å². The first-order chi connectivity index (χ1) is 19.0. The van der Waals surface area contributed by atoms with Crippen molar-refractivity contribution in [1.29, 1.82) is 5.26 Å². The maximum atomic E-state index is 14.5. The molecule has 1 amide bonds. The third-order valence-corrected chi connectivity index (χ3v) is 8.08. The number of aliphatic hydroxyl groups is 2. The van der Waals surface area contributed by atoms with Crippen LogP contribution in [0.15, 0.2) is 35.1 Å². The standard InChI is InChI=1S/C26H31N7O8/c1-32(2)8-12(35)41-23-25(30)15(16(36)13-10(18(25)28)6-5-7-11(13)34)21(39)24(9-27)20(38)14(22(29)40)17(37)19(33(3)4)26(23,24)31/h5-7,18-19,23,34,36,38H,8,28,30-31H2,1-4H3,(H2,29,40)/t18-,19+,23-,24-,25+,26-/m0/s1. The fourth-order valence-corrected chi connectivity index (χ4v) is 6.43. The van der Waals surface area contributed by atoms with Crippen molar-refractivity contribution in [3.63, 3.8) is 0 Å². The first kappa shape index (κ1) is 29.6. The summed E-state index contributed by atoms with van der Waals surface area (Å²) in [4.78, 5) is 56.4. The van der Waals surface area contributed by atoms with Crippen molar-refractivity contribution in [2.75, 3.05) is 34.7 Å². The molecule has 15 heteroatoms. The summed E-state index contributed by atoms with van der Waals surface area (Å²) in [5, 5.41) is 44.1. The minimum absolute atomic E-state index is 0.0318. The van der Waals surface area contributed by atoms with Gasteiger partial charge in [-0.15, -0.1) is 0 Å². The summed E-state index contributed by atoms with van der Waals surface area (Å²) in [5.41, 5.74) is 15.5. The topological polar surface area (TPSA) is 273 Å². The van der Waals surface area contributed by atoms with Crippen LogP contribution in [0.4, 0.5) is 0 Å². The lowest BCUT2D eigenvalue weighted by Gasteiger charge is -2.62. The number of aromatic hydroxyl groups is 1. The summed E-state index contributed by atoms with van der Waals surface area (Å²) in [6.07, 6.45) is -2.07. The minimum Gasteiger partial charge on any atom is -0.509 e. The lowest BCUT2D eigenvalue weighted by molar-refractivity contribution is -0.177. The number of amides is 1. The molecule has 6 atom stereocenters. The van der Waals surface area contributed by atoms with Gasteiger partial charge in [0.25, 0.3) is 5.91 Å². The molecule has 0 unspecified atom stereocenters. The SMILES string of the molecule is CN(C)CC(=O)O[C@H]1[C@@]2(N)C(=C(O)c3c(O)cccc3[C@@H]2N)C(=O)[C@]2(C#N)C(O)=C(C(N)=O)C(=O)[C@@H](N(C)C)[C@]12N. The van der Waals surface area contributed by atoms with E-state index >= 15 is 0 Å². The Bertz CT molecular complexity index is 1510. The van der Waals surface area contributed by atoms with Crippen molar-refractivity contribution in [1.82, 2.24) is 9.80 Å². The number of carbonyl (C=O) groups is 4. The number of hydrogen-bond acceptors (Lipinski definition) is 14. The van der Waals surface area contributed by atoms with Crippen molar-refractivity contribution < 1.29 is 39.2 Å². The van der Waals surface area contributed by atoms with Gasteiger partial charge in [0.15, 0.2) is 11.6 Å². The Morgan fingerprint density at radius 1 is 1.12 bits per heavy atom. The highest BCUT2D eigenvalue weighted by Gasteiger charge is 2.81. The highest BCUT2D eigenvalue weighted by atomic mass is 16.5. The molecular weight excluding hydrogens is 538 g/mol. The largest absolute Gasteiger partial charge is 0.509 e. The van der Waals surface area contributed by atoms with E-state index in [0.717, 1.165) is 4.90 Å². The Morgan fingerprint density at radius 3 is 2.24 bits per heavy atom. The molecule has 0 heterocycles. The molecule has 0 spiro atoms. The van der Waals surface area contributed by atoms with E-state index in [1.54, 1.807) is 20.2 Å². The van der Waals surface area contributed by atoms with Gasteiger partial charge in [-0.1, -0.05) is 12.1 Å². The van der Waals surface area contributed by atoms with Gasteiger partial charge in [-0.05, 0) is 39.8 Å². The monoisotopic (exact) mass is 569 g/mol. The number of carbonyl (C=O) groups excluding carboxylic acids is 4. The van der Waals surface area contributed by atoms with E-state index in [2.05, 4.69) is 0 Å². The maximum absolute atomic E-state index is 14.5. The Hall–Kier alpha value is -4.33. The third kappa shape index (κ3) is 3.49. The van der Waals surface area contributed by atoms with E-state index in [0.29, 0.717) is 0 Å². The van der Waals surface area contributed by atoms with Crippen LogP contribution < -0.4 is 22.9 Å². The minimum atomic E-state index is -3.06. The number of hydrogen-bond donors (Lipinski definition) is 7. The number of esters is 1. The molecule has 0 aromatic heterocycles. The summed E-state index contributed by atoms with van der Waals surface area (Å²) < 4.78 is 5.81. The van der Waals surface area contributed by atoms with Crippen molar-refractivity contribution in [2.45, 2.75) is 29.3 Å². The number of phenolic OH excluding ortho intramolecular Hbond substituents is 1. The summed E-state index contributed by atoms with van der Waals surface area (Å²) >= 11 is 0. The highest BCUT2D eigenvalue weighted by Crippen LogP contribution is 2.60. The average Bonchev–Trinajstić information content (AvgIpc) is 2.84. The summed E-state index contributed by atoms with van der Waals surface area (Å²) in [6.45, 7) is -0.358. The number of rotatable bonds is 5. The molecule has 4 rings (SSSR count). The number of benzene rings is 1. The maximum Gasteiger partial charge on any atom is 0.320 e. The quantitative estimate of drug-likeness (QED) is 0.142. The molecule has 11 N–H and O–H groups in total. The first-order valence-electron chi connectivity index (χ1n) is 12.3. The molecule has 0 radical (unpaired) electrons. The van der Waals surface area contributed by atoms with Crippen LogP contribution >= 0.6 is 0 Å². The Kier molecular flexibility index (Phi) is 6.77. The number of fused-ring (bicyclic) bond motifs is 3. The van der Waals surface area contributed by atoms with Crippen LogP contribution in [0.2, 0.25) is 0 Å². The fraction of sp³-hybridized carbons (Fsp3) is 0.423. The molecule has 0 bridgehead atoms. The molecule has 3 aliphatic rings. The third-order valence-electron chi connectivity index (χ3n) is 8.08. The smallest absolute Gasteiger partial charge is 0.320 e. The number of primary amides is 1. The zero-order valence-electron chi connectivity index (χ0n) is 22.7. The Balaban J connectivity index is 2.25. The van der Waals surface area contributed by atoms with Gasteiger partial charge in [-0.25, -0.2) is 0 Å². The van der Waals surface area contributed by atoms with Gasteiger partial charge in [0.05, 0.1) is 35.8 Å². The highest BCUT2D eigenvalue weighted by molar-refractivity contribution is 6.26. The summed E-state index contributed by atoms with van der Waals surface area (Å²) in [5.74, 6) is -7.86. The fourth-order valence-electron chi connectivity index (χ4n) is 6.43. The van der Waals surface area contributed by atoms with Gasteiger partial charge in [-0.2, -0.15) is 5.26 Å². The number of aliphatic hydroxyl groups excluding tert-OH is 2. The van der Waals surface area contributed by atoms with Crippen LogP contribution in [-0.4, -0.2) is 107 Å². The van der Waals surface area contributed by atoms with Crippen molar-refractivity contribution in [3.8, 4) is 11.8 Å². The van der Waals surface area contributed by atoms with Gasteiger partial charge in [0.2, 0.25) is 5.41 Å². The van der Waals surface area contributed by atoms with Crippen molar-refractivity contribution in [2.24, 2.45) is 28.3 Å². The van der Waals surface area contributed by atoms with Crippen molar-refractivity contribution >= 4 is 29.2 Å². The molecule has 0 aliphatic heterocycles. The van der Waals surface area contributed by atoms with Crippen LogP contribution in [-0.2, 0) is 23.9 Å². The number of ketones is 2. The van der Waals surface area contributed by atoms with E-state index in [9.17, 15) is 39.8 Å². The molecule has 1 aromatic rings. The van der Waals surface area contributed by atoms with E-state index in [-0.39, 0.29) is 17.7 Å². The number of Topliss-reactive ketones (excluding diaryl/α,β-unsaturated/α-hetero) is 2. The van der Waals surface area contributed by atoms with Crippen LogP contribution in [0.25, 0.3) is 5.76 Å². The van der Waals surface area contributed by atoms with E-state index in [1.807, 2.05) is 0 Å². The molecule has 3 aliphatic carbocycles. The molecule has 218 valence electrons. The first-order valence-corrected chi connectivity index (χ1v) is 12.3. The van der Waals surface area contributed by atoms with Crippen LogP contribution in [0.5, 0.6) is 5.75 Å². The molecular formula is C26H31N7O8. The Morgan fingerprint density at radius 2 is 1.73 bits per heavy atom. The number of likely N-dealkylation sites (N-methyl/N-ethyl adjacent to an activating group) is 2. The normalized spacial score (nSPS) is 32.8. The molecule has 15 nitrogen and oxygen atoms in total. The van der Waals surface area contributed by atoms with Gasteiger partial charge in [0.1, 0.15) is 40.0 Å². The molecule has 1 aromatic carbocycles. The number of nitriles is 1. The summed E-state index contributed by atoms with van der Waals surface area (Å²) in [7, 11) is 5.77. The molecule has 1 fully saturated rings. The second-order valence-electron chi connectivity index (χ2n) is 10.9. The van der Waals surface area contributed by atoms with Crippen LogP contribution in [0, 0.1) is 16.7 Å². The van der Waals surface area contributed by atoms with E-state index in [1.165, 1.54) is 37.2 Å². The molecule has 1 saturated carbocycles. The number of nitrogens with zero attached hydrogens (tertiary/aromatic N) is 3. The lowest BCUT2D eigenvalue weighted by Crippen LogP contribution is -2.88. The number of ether oxygens (including phenoxy) is 1. The zero-order valence-corrected chi connectivity index (χ0v) is 22.7. The second-order valence-corrected chi connectivity index (χ2v) is 10.9. The molecule has 0 saturated heterocycles. The lowest BCUT2D eigenvalue weighted by atomic mass is 9.45. The van der Waals surface area contributed by atoms with E-state index < -0.39 is 86.5 Å². The second kappa shape index (κ2) is 9.36. The van der Waals surface area contributed by atoms with Gasteiger partial charge in [0, 0.05) is 0 Å². The predicted molar refractivity (Wildman–Crippen MR) is 141 cm³/mol. The van der Waals surface area contributed by atoms with Gasteiger partial charge < -0.3 is 43.0 Å². The number of phenols is 1. The van der Waals surface area contributed by atoms with Crippen LogP contribution in [0.3, 0.4) is 0 Å². The molecule has 41 heavy (non-hydrogen) atoms. The van der Waals surface area contributed by atoms with E-state index in [4.69, 9.17) is 27.7 Å².